The lowest BCUT2D eigenvalue weighted by atomic mass is 10.1. The van der Waals surface area contributed by atoms with Gasteiger partial charge in [-0.2, -0.15) is 0 Å². The van der Waals surface area contributed by atoms with Gasteiger partial charge in [-0.05, 0) is 67.8 Å². The summed E-state index contributed by atoms with van der Waals surface area (Å²) in [5.74, 6) is 1.75. The minimum atomic E-state index is 0.871. The van der Waals surface area contributed by atoms with Crippen LogP contribution in [-0.4, -0.2) is 6.54 Å². The molecule has 0 spiro atoms. The average molecular weight is 348 g/mol. The lowest BCUT2D eigenvalue weighted by Gasteiger charge is -2.10. The molecule has 0 fully saturated rings. The lowest BCUT2D eigenvalue weighted by Crippen LogP contribution is -2.13. The molecule has 2 aromatic rings. The number of aryl methyl sites for hydroxylation is 2. The van der Waals surface area contributed by atoms with Crippen molar-refractivity contribution in [2.75, 3.05) is 6.54 Å². The first kappa shape index (κ1) is 16.1. The minimum absolute atomic E-state index is 0.871. The van der Waals surface area contributed by atoms with Gasteiger partial charge in [-0.3, -0.25) is 0 Å². The normalized spacial score (nSPS) is 10.7. The van der Waals surface area contributed by atoms with Gasteiger partial charge in [-0.25, -0.2) is 0 Å². The van der Waals surface area contributed by atoms with Crippen molar-refractivity contribution < 1.29 is 4.74 Å². The Balaban J connectivity index is 2.03. The fourth-order valence-corrected chi connectivity index (χ4v) is 2.41. The van der Waals surface area contributed by atoms with Crippen LogP contribution in [0.25, 0.3) is 0 Å². The number of hydrogen-bond donors (Lipinski definition) is 1. The van der Waals surface area contributed by atoms with Gasteiger partial charge in [0, 0.05) is 11.0 Å². The van der Waals surface area contributed by atoms with E-state index < -0.39 is 0 Å². The maximum atomic E-state index is 5.93. The Hall–Kier alpha value is -1.32. The van der Waals surface area contributed by atoms with Crippen LogP contribution in [-0.2, 0) is 6.54 Å². The number of halogens is 1. The van der Waals surface area contributed by atoms with Crippen molar-refractivity contribution in [1.82, 2.24) is 5.32 Å². The van der Waals surface area contributed by atoms with Crippen molar-refractivity contribution in [2.24, 2.45) is 0 Å². The highest BCUT2D eigenvalue weighted by molar-refractivity contribution is 9.10. The van der Waals surface area contributed by atoms with E-state index in [1.807, 2.05) is 24.3 Å². The van der Waals surface area contributed by atoms with Crippen LogP contribution in [0.2, 0.25) is 0 Å². The molecule has 0 aromatic heterocycles. The third kappa shape index (κ3) is 4.58. The van der Waals surface area contributed by atoms with E-state index in [0.29, 0.717) is 0 Å². The first-order valence-electron chi connectivity index (χ1n) is 7.34. The van der Waals surface area contributed by atoms with Gasteiger partial charge in [0.05, 0.1) is 0 Å². The molecule has 21 heavy (non-hydrogen) atoms. The molecule has 2 nitrogen and oxygen atoms in total. The molecule has 0 atom stereocenters. The first-order valence-corrected chi connectivity index (χ1v) is 8.13. The average Bonchev–Trinajstić information content (AvgIpc) is 2.47. The topological polar surface area (TPSA) is 21.3 Å². The number of rotatable bonds is 6. The zero-order chi connectivity index (χ0) is 15.2. The third-order valence-corrected chi connectivity index (χ3v) is 4.58. The zero-order valence-electron chi connectivity index (χ0n) is 12.9. The smallest absolute Gasteiger partial charge is 0.128 e. The number of nitrogens with one attached hydrogen (secondary N) is 1. The molecule has 1 N–H and O–H groups in total. The van der Waals surface area contributed by atoms with E-state index in [9.17, 15) is 0 Å². The SMILES string of the molecule is CCCNCc1ccc(Oc2cc(C)c(Br)c(C)c2)cc1. The van der Waals surface area contributed by atoms with Crippen LogP contribution in [0.3, 0.4) is 0 Å². The second kappa shape index (κ2) is 7.62. The highest BCUT2D eigenvalue weighted by Crippen LogP contribution is 2.29. The Labute approximate surface area is 135 Å². The maximum Gasteiger partial charge on any atom is 0.128 e. The molecular formula is C18H22BrNO. The molecule has 0 aliphatic heterocycles. The number of hydrogen-bond acceptors (Lipinski definition) is 2. The summed E-state index contributed by atoms with van der Waals surface area (Å²) in [6, 6.07) is 12.4. The molecule has 112 valence electrons. The van der Waals surface area contributed by atoms with Crippen molar-refractivity contribution in [2.45, 2.75) is 33.7 Å². The largest absolute Gasteiger partial charge is 0.457 e. The Bertz CT molecular complexity index is 570. The van der Waals surface area contributed by atoms with Gasteiger partial charge in [0.2, 0.25) is 0 Å². The van der Waals surface area contributed by atoms with Gasteiger partial charge in [0.15, 0.2) is 0 Å². The monoisotopic (exact) mass is 347 g/mol. The van der Waals surface area contributed by atoms with Crippen LogP contribution in [0.1, 0.15) is 30.0 Å². The van der Waals surface area contributed by atoms with Gasteiger partial charge < -0.3 is 10.1 Å². The van der Waals surface area contributed by atoms with Crippen LogP contribution in [0.4, 0.5) is 0 Å². The van der Waals surface area contributed by atoms with Crippen LogP contribution < -0.4 is 10.1 Å². The molecule has 0 heterocycles. The number of benzene rings is 2. The zero-order valence-corrected chi connectivity index (χ0v) is 14.5. The fraction of sp³-hybridized carbons (Fsp3) is 0.333. The molecule has 0 aliphatic rings. The molecule has 0 aliphatic carbocycles. The molecule has 0 unspecified atom stereocenters. The number of ether oxygens (including phenoxy) is 1. The molecule has 2 aromatic carbocycles. The standard InChI is InChI=1S/C18H22BrNO/c1-4-9-20-12-15-5-7-16(8-6-15)21-17-10-13(2)18(19)14(3)11-17/h5-8,10-11,20H,4,9,12H2,1-3H3. The minimum Gasteiger partial charge on any atom is -0.457 e. The summed E-state index contributed by atoms with van der Waals surface area (Å²) in [5.41, 5.74) is 3.65. The van der Waals surface area contributed by atoms with Crippen molar-refractivity contribution >= 4 is 15.9 Å². The van der Waals surface area contributed by atoms with Gasteiger partial charge in [-0.15, -0.1) is 0 Å². The predicted molar refractivity (Wildman–Crippen MR) is 92.1 cm³/mol. The molecule has 2 rings (SSSR count). The molecule has 0 bridgehead atoms. The maximum absolute atomic E-state index is 5.93. The first-order chi connectivity index (χ1) is 10.1. The summed E-state index contributed by atoms with van der Waals surface area (Å²) in [4.78, 5) is 0. The van der Waals surface area contributed by atoms with Gasteiger partial charge in [0.1, 0.15) is 11.5 Å². The summed E-state index contributed by atoms with van der Waals surface area (Å²) >= 11 is 3.58. The van der Waals surface area contributed by atoms with Crippen molar-refractivity contribution in [3.05, 3.63) is 57.6 Å². The Morgan fingerprint density at radius 3 is 2.19 bits per heavy atom. The second-order valence-corrected chi connectivity index (χ2v) is 6.09. The quantitative estimate of drug-likeness (QED) is 0.710. The van der Waals surface area contributed by atoms with Gasteiger partial charge in [0.25, 0.3) is 0 Å². The second-order valence-electron chi connectivity index (χ2n) is 5.29. The van der Waals surface area contributed by atoms with E-state index in [1.54, 1.807) is 0 Å². The highest BCUT2D eigenvalue weighted by Gasteiger charge is 2.04. The van der Waals surface area contributed by atoms with Crippen molar-refractivity contribution in [1.29, 1.82) is 0 Å². The van der Waals surface area contributed by atoms with E-state index in [-0.39, 0.29) is 0 Å². The highest BCUT2D eigenvalue weighted by atomic mass is 79.9. The van der Waals surface area contributed by atoms with Crippen LogP contribution in [0, 0.1) is 13.8 Å². The summed E-state index contributed by atoms with van der Waals surface area (Å²) in [7, 11) is 0. The Kier molecular flexibility index (Phi) is 5.83. The van der Waals surface area contributed by atoms with Crippen molar-refractivity contribution in [3.63, 3.8) is 0 Å². The van der Waals surface area contributed by atoms with E-state index >= 15 is 0 Å². The summed E-state index contributed by atoms with van der Waals surface area (Å²) in [6.45, 7) is 8.28. The summed E-state index contributed by atoms with van der Waals surface area (Å²) < 4.78 is 7.08. The van der Waals surface area contributed by atoms with E-state index in [2.05, 4.69) is 54.2 Å². The van der Waals surface area contributed by atoms with E-state index in [4.69, 9.17) is 4.74 Å². The van der Waals surface area contributed by atoms with E-state index in [1.165, 1.54) is 16.7 Å². The lowest BCUT2D eigenvalue weighted by molar-refractivity contribution is 0.481. The van der Waals surface area contributed by atoms with E-state index in [0.717, 1.165) is 35.5 Å². The molecule has 0 radical (unpaired) electrons. The van der Waals surface area contributed by atoms with Crippen LogP contribution >= 0.6 is 15.9 Å². The Morgan fingerprint density at radius 2 is 1.62 bits per heavy atom. The Morgan fingerprint density at radius 1 is 1.00 bits per heavy atom. The van der Waals surface area contributed by atoms with Gasteiger partial charge in [-0.1, -0.05) is 35.0 Å². The fourth-order valence-electron chi connectivity index (χ4n) is 2.19. The van der Waals surface area contributed by atoms with Crippen LogP contribution in [0.15, 0.2) is 40.9 Å². The van der Waals surface area contributed by atoms with Crippen molar-refractivity contribution in [3.8, 4) is 11.5 Å². The van der Waals surface area contributed by atoms with Gasteiger partial charge >= 0.3 is 0 Å². The third-order valence-electron chi connectivity index (χ3n) is 3.32. The summed E-state index contributed by atoms with van der Waals surface area (Å²) in [6.07, 6.45) is 1.16. The summed E-state index contributed by atoms with van der Waals surface area (Å²) in [5, 5.41) is 3.40. The molecule has 3 heteroatoms. The van der Waals surface area contributed by atoms with Crippen LogP contribution in [0.5, 0.6) is 11.5 Å². The molecular weight excluding hydrogens is 326 g/mol. The molecule has 0 saturated heterocycles. The molecule has 0 amide bonds. The predicted octanol–water partition coefficient (Wildman–Crippen LogP) is 5.36. The molecule has 0 saturated carbocycles.